The molecule has 0 unspecified atom stereocenters. The quantitative estimate of drug-likeness (QED) is 0.196. The number of hydrogen-bond acceptors (Lipinski definition) is 0. The molecule has 0 heterocycles. The molecule has 0 bridgehead atoms. The number of hydrogen-bond donors (Lipinski definition) is 0. The lowest BCUT2D eigenvalue weighted by Gasteiger charge is -2.25. The van der Waals surface area contributed by atoms with Crippen LogP contribution in [0.3, 0.4) is 0 Å². The highest BCUT2D eigenvalue weighted by molar-refractivity contribution is 6.20. The first-order chi connectivity index (χ1) is 20.5. The normalized spacial score (nSPS) is 11.3. The van der Waals surface area contributed by atoms with Crippen LogP contribution in [0, 0.1) is 27.7 Å². The highest BCUT2D eigenvalue weighted by atomic mass is 14.3. The van der Waals surface area contributed by atoms with Crippen molar-refractivity contribution in [2.24, 2.45) is 0 Å². The number of benzene rings is 7. The minimum Gasteiger partial charge on any atom is -0.0616 e. The lowest BCUT2D eigenvalue weighted by molar-refractivity contribution is 1.45. The summed E-state index contributed by atoms with van der Waals surface area (Å²) in [7, 11) is 0. The summed E-state index contributed by atoms with van der Waals surface area (Å²) in [5, 5.41) is 5.07. The maximum Gasteiger partial charge on any atom is -0.00141 e. The first kappa shape index (κ1) is 26.0. The van der Waals surface area contributed by atoms with E-state index in [0.29, 0.717) is 0 Å². The number of aryl methyl sites for hydroxylation is 4. The van der Waals surface area contributed by atoms with Gasteiger partial charge < -0.3 is 0 Å². The number of fused-ring (bicyclic) bond motifs is 2. The van der Waals surface area contributed by atoms with Crippen molar-refractivity contribution >= 4 is 21.5 Å². The molecule has 0 atom stereocenters. The van der Waals surface area contributed by atoms with E-state index in [-0.39, 0.29) is 0 Å². The van der Waals surface area contributed by atoms with E-state index in [1.165, 1.54) is 88.3 Å². The van der Waals surface area contributed by atoms with Crippen LogP contribution in [0.1, 0.15) is 22.3 Å². The molecule has 0 heteroatoms. The lowest BCUT2D eigenvalue weighted by atomic mass is 9.78. The topological polar surface area (TPSA) is 0 Å². The van der Waals surface area contributed by atoms with Gasteiger partial charge in [0.2, 0.25) is 0 Å². The molecule has 0 nitrogen and oxygen atoms in total. The highest BCUT2D eigenvalue weighted by Crippen LogP contribution is 2.51. The third kappa shape index (κ3) is 4.60. The molecule has 0 aromatic heterocycles. The molecule has 0 aliphatic carbocycles. The van der Waals surface area contributed by atoms with Crippen LogP contribution in [-0.4, -0.2) is 0 Å². The highest BCUT2D eigenvalue weighted by Gasteiger charge is 2.24. The summed E-state index contributed by atoms with van der Waals surface area (Å²) >= 11 is 0. The van der Waals surface area contributed by atoms with Crippen molar-refractivity contribution in [3.05, 3.63) is 156 Å². The Morgan fingerprint density at radius 1 is 0.286 bits per heavy atom. The summed E-state index contributed by atoms with van der Waals surface area (Å²) in [4.78, 5) is 0. The zero-order valence-electron chi connectivity index (χ0n) is 24.7. The number of rotatable bonds is 4. The first-order valence-corrected chi connectivity index (χ1v) is 14.8. The zero-order chi connectivity index (χ0) is 28.8. The average molecular weight is 539 g/mol. The van der Waals surface area contributed by atoms with Gasteiger partial charge in [-0.25, -0.2) is 0 Å². The summed E-state index contributed by atoms with van der Waals surface area (Å²) < 4.78 is 0. The Labute approximate surface area is 248 Å². The molecule has 7 aromatic carbocycles. The van der Waals surface area contributed by atoms with Crippen molar-refractivity contribution in [3.8, 4) is 44.5 Å². The maximum atomic E-state index is 2.41. The minimum atomic E-state index is 1.23. The van der Waals surface area contributed by atoms with Gasteiger partial charge in [-0.2, -0.15) is 0 Å². The third-order valence-electron chi connectivity index (χ3n) is 8.54. The van der Waals surface area contributed by atoms with E-state index < -0.39 is 0 Å². The van der Waals surface area contributed by atoms with E-state index in [0.717, 1.165) is 0 Å². The molecule has 0 aliphatic rings. The van der Waals surface area contributed by atoms with Gasteiger partial charge in [0.1, 0.15) is 0 Å². The fraction of sp³-hybridized carbons (Fsp3) is 0.0952. The summed E-state index contributed by atoms with van der Waals surface area (Å²) in [6.07, 6.45) is 0. The fourth-order valence-electron chi connectivity index (χ4n) is 6.23. The van der Waals surface area contributed by atoms with Gasteiger partial charge in [-0.15, -0.1) is 0 Å². The van der Waals surface area contributed by atoms with Crippen LogP contribution >= 0.6 is 0 Å². The Bertz CT molecular complexity index is 1900. The summed E-state index contributed by atoms with van der Waals surface area (Å²) in [6.45, 7) is 8.65. The SMILES string of the molecule is Cc1ccc(-c2c(-c3ccc(C)cc3)c(-c3ccc(C)cc3)c3cc4ccccc4cc3c2-c2ccc(C)cc2)cc1. The van der Waals surface area contributed by atoms with Gasteiger partial charge in [-0.3, -0.25) is 0 Å². The predicted octanol–water partition coefficient (Wildman–Crippen LogP) is 11.9. The van der Waals surface area contributed by atoms with E-state index in [4.69, 9.17) is 0 Å². The smallest absolute Gasteiger partial charge is 0.00141 e. The molecule has 202 valence electrons. The van der Waals surface area contributed by atoms with Gasteiger partial charge in [0, 0.05) is 0 Å². The summed E-state index contributed by atoms with van der Waals surface area (Å²) in [5.74, 6) is 0. The van der Waals surface area contributed by atoms with Crippen molar-refractivity contribution in [2.75, 3.05) is 0 Å². The van der Waals surface area contributed by atoms with Gasteiger partial charge in [0.15, 0.2) is 0 Å². The van der Waals surface area contributed by atoms with Gasteiger partial charge in [-0.1, -0.05) is 144 Å². The molecular formula is C42H34. The molecule has 0 aliphatic heterocycles. The first-order valence-electron chi connectivity index (χ1n) is 14.8. The molecule has 0 radical (unpaired) electrons. The molecule has 7 rings (SSSR count). The fourth-order valence-corrected chi connectivity index (χ4v) is 6.23. The molecule has 0 saturated heterocycles. The van der Waals surface area contributed by atoms with Crippen LogP contribution in [0.4, 0.5) is 0 Å². The molecule has 0 spiro atoms. The van der Waals surface area contributed by atoms with Crippen LogP contribution in [0.5, 0.6) is 0 Å². The Morgan fingerprint density at radius 3 is 0.833 bits per heavy atom. The predicted molar refractivity (Wildman–Crippen MR) is 182 cm³/mol. The van der Waals surface area contributed by atoms with Crippen LogP contribution < -0.4 is 0 Å². The largest absolute Gasteiger partial charge is 0.0616 e. The zero-order valence-corrected chi connectivity index (χ0v) is 24.7. The van der Waals surface area contributed by atoms with E-state index >= 15 is 0 Å². The maximum absolute atomic E-state index is 2.41. The Kier molecular flexibility index (Phi) is 6.48. The van der Waals surface area contributed by atoms with Crippen molar-refractivity contribution < 1.29 is 0 Å². The van der Waals surface area contributed by atoms with Crippen molar-refractivity contribution in [1.29, 1.82) is 0 Å². The van der Waals surface area contributed by atoms with Gasteiger partial charge in [0.05, 0.1) is 0 Å². The van der Waals surface area contributed by atoms with Gasteiger partial charge in [-0.05, 0) is 106 Å². The molecule has 0 amide bonds. The van der Waals surface area contributed by atoms with Crippen LogP contribution in [0.15, 0.2) is 133 Å². The van der Waals surface area contributed by atoms with Crippen molar-refractivity contribution in [3.63, 3.8) is 0 Å². The second kappa shape index (κ2) is 10.5. The Hall–Kier alpha value is -4.94. The summed E-state index contributed by atoms with van der Waals surface area (Å²) in [5.41, 5.74) is 15.1. The van der Waals surface area contributed by atoms with Gasteiger partial charge in [0.25, 0.3) is 0 Å². The lowest BCUT2D eigenvalue weighted by Crippen LogP contribution is -1.98. The molecule has 0 N–H and O–H groups in total. The summed E-state index contributed by atoms with van der Waals surface area (Å²) in [6, 6.07) is 49.8. The monoisotopic (exact) mass is 538 g/mol. The molecular weight excluding hydrogens is 504 g/mol. The second-order valence-electron chi connectivity index (χ2n) is 11.7. The van der Waals surface area contributed by atoms with Crippen molar-refractivity contribution in [1.82, 2.24) is 0 Å². The van der Waals surface area contributed by atoms with Crippen molar-refractivity contribution in [2.45, 2.75) is 27.7 Å². The average Bonchev–Trinajstić information content (AvgIpc) is 3.01. The molecule has 7 aromatic rings. The van der Waals surface area contributed by atoms with E-state index in [1.807, 2.05) is 0 Å². The molecule has 42 heavy (non-hydrogen) atoms. The standard InChI is InChI=1S/C42H34/c1-27-9-17-31(18-10-27)39-37-25-35-7-5-6-8-36(35)26-38(37)40(32-19-11-28(2)12-20-32)42(34-23-15-30(4)16-24-34)41(39)33-21-13-29(3)14-22-33/h5-26H,1-4H3. The third-order valence-corrected chi connectivity index (χ3v) is 8.54. The van der Waals surface area contributed by atoms with E-state index in [2.05, 4.69) is 161 Å². The molecule has 0 fully saturated rings. The van der Waals surface area contributed by atoms with E-state index in [1.54, 1.807) is 0 Å². The molecule has 0 saturated carbocycles. The van der Waals surface area contributed by atoms with Crippen LogP contribution in [-0.2, 0) is 0 Å². The van der Waals surface area contributed by atoms with E-state index in [9.17, 15) is 0 Å². The van der Waals surface area contributed by atoms with Gasteiger partial charge >= 0.3 is 0 Å². The Morgan fingerprint density at radius 2 is 0.548 bits per heavy atom. The minimum absolute atomic E-state index is 1.23. The Balaban J connectivity index is 1.77. The van der Waals surface area contributed by atoms with Crippen LogP contribution in [0.25, 0.3) is 66.1 Å². The second-order valence-corrected chi connectivity index (χ2v) is 11.7. The van der Waals surface area contributed by atoms with Crippen LogP contribution in [0.2, 0.25) is 0 Å².